The van der Waals surface area contributed by atoms with Gasteiger partial charge in [0.25, 0.3) is 0 Å². The molecule has 0 atom stereocenters. The van der Waals surface area contributed by atoms with Gasteiger partial charge in [-0.25, -0.2) is 4.39 Å². The maximum atomic E-state index is 13.4. The Morgan fingerprint density at radius 2 is 2.06 bits per heavy atom. The summed E-state index contributed by atoms with van der Waals surface area (Å²) in [5.41, 5.74) is 1.57. The van der Waals surface area contributed by atoms with Crippen molar-refractivity contribution in [3.05, 3.63) is 53.5 Å². The predicted octanol–water partition coefficient (Wildman–Crippen LogP) is 4.63. The van der Waals surface area contributed by atoms with Crippen molar-refractivity contribution >= 4 is 17.1 Å². The van der Waals surface area contributed by atoms with Crippen LogP contribution in [0.15, 0.2) is 46.1 Å². The van der Waals surface area contributed by atoms with E-state index in [4.69, 9.17) is 19.2 Å². The molecule has 4 rings (SSSR count). The van der Waals surface area contributed by atoms with Crippen molar-refractivity contribution in [2.45, 2.75) is 31.6 Å². The fraction of sp³-hybridized carbons (Fsp3) is 0.417. The first-order valence-corrected chi connectivity index (χ1v) is 10.9. The van der Waals surface area contributed by atoms with Gasteiger partial charge in [-0.15, -0.1) is 5.16 Å². The second kappa shape index (κ2) is 10.5. The second-order valence-corrected chi connectivity index (χ2v) is 8.01. The van der Waals surface area contributed by atoms with Crippen LogP contribution >= 0.6 is 0 Å². The van der Waals surface area contributed by atoms with Gasteiger partial charge in [-0.3, -0.25) is 0 Å². The minimum atomic E-state index is -0.292. The lowest BCUT2D eigenvalue weighted by molar-refractivity contribution is 0.181. The molecule has 1 saturated heterocycles. The zero-order chi connectivity index (χ0) is 22.3. The van der Waals surface area contributed by atoms with Crippen molar-refractivity contribution in [2.24, 2.45) is 5.16 Å². The van der Waals surface area contributed by atoms with Gasteiger partial charge >= 0.3 is 0 Å². The molecule has 8 heteroatoms. The van der Waals surface area contributed by atoms with E-state index in [0.29, 0.717) is 36.0 Å². The third-order valence-electron chi connectivity index (χ3n) is 5.94. The highest BCUT2D eigenvalue weighted by Crippen LogP contribution is 2.33. The van der Waals surface area contributed by atoms with E-state index in [-0.39, 0.29) is 5.82 Å². The zero-order valence-corrected chi connectivity index (χ0v) is 18.2. The molecule has 1 N–H and O–H groups in total. The van der Waals surface area contributed by atoms with Gasteiger partial charge in [-0.05, 0) is 62.2 Å². The lowest BCUT2D eigenvalue weighted by Gasteiger charge is -2.30. The predicted molar refractivity (Wildman–Crippen MR) is 119 cm³/mol. The monoisotopic (exact) mass is 441 g/mol. The number of aromatic nitrogens is 1. The molecule has 32 heavy (non-hydrogen) atoms. The average Bonchev–Trinajstić information content (AvgIpc) is 3.24. The van der Waals surface area contributed by atoms with E-state index in [1.807, 2.05) is 18.2 Å². The quantitative estimate of drug-likeness (QED) is 0.226. The summed E-state index contributed by atoms with van der Waals surface area (Å²) in [5.74, 6) is 2.29. The highest BCUT2D eigenvalue weighted by molar-refractivity contribution is 5.80. The van der Waals surface area contributed by atoms with Gasteiger partial charge in [0.05, 0.1) is 13.7 Å². The molecule has 2 aromatic carbocycles. The highest BCUT2D eigenvalue weighted by atomic mass is 19.1. The number of hydrogen-bond acceptors (Lipinski definition) is 7. The summed E-state index contributed by atoms with van der Waals surface area (Å²) in [6, 6.07) is 10.4. The van der Waals surface area contributed by atoms with Crippen LogP contribution in [-0.4, -0.2) is 54.8 Å². The van der Waals surface area contributed by atoms with Crippen molar-refractivity contribution < 1.29 is 23.6 Å². The summed E-state index contributed by atoms with van der Waals surface area (Å²) in [7, 11) is 1.62. The molecule has 0 radical (unpaired) electrons. The molecule has 7 nitrogen and oxygen atoms in total. The summed E-state index contributed by atoms with van der Waals surface area (Å²) in [6.07, 6.45) is 4.87. The van der Waals surface area contributed by atoms with Crippen molar-refractivity contribution in [2.75, 3.05) is 33.4 Å². The first kappa shape index (κ1) is 22.1. The van der Waals surface area contributed by atoms with E-state index >= 15 is 0 Å². The largest absolute Gasteiger partial charge is 0.493 e. The number of piperidine rings is 1. The van der Waals surface area contributed by atoms with E-state index in [1.165, 1.54) is 18.3 Å². The van der Waals surface area contributed by atoms with Crippen LogP contribution in [0, 0.1) is 5.82 Å². The van der Waals surface area contributed by atoms with Crippen LogP contribution in [0.25, 0.3) is 10.9 Å². The lowest BCUT2D eigenvalue weighted by Crippen LogP contribution is -2.34. The van der Waals surface area contributed by atoms with Crippen LogP contribution in [0.5, 0.6) is 11.5 Å². The van der Waals surface area contributed by atoms with Gasteiger partial charge in [-0.2, -0.15) is 0 Å². The zero-order valence-electron chi connectivity index (χ0n) is 18.2. The van der Waals surface area contributed by atoms with E-state index in [0.717, 1.165) is 55.6 Å². The molecular weight excluding hydrogens is 413 g/mol. The molecule has 0 aliphatic carbocycles. The molecule has 1 aliphatic rings. The van der Waals surface area contributed by atoms with Crippen LogP contribution < -0.4 is 9.47 Å². The molecule has 1 fully saturated rings. The smallest absolute Gasteiger partial charge is 0.161 e. The molecule has 1 aliphatic heterocycles. The van der Waals surface area contributed by atoms with E-state index < -0.39 is 0 Å². The SMILES string of the molecule is COc1cc(CC=NO)ccc1OCCCN1CCC(c2onc3cc(F)ccc23)CC1. The Bertz CT molecular complexity index is 1060. The van der Waals surface area contributed by atoms with Crippen LogP contribution in [-0.2, 0) is 6.42 Å². The number of fused-ring (bicyclic) bond motifs is 1. The standard InChI is InChI=1S/C24H28FN3O4/c1-30-23-15-17(7-10-26-29)3-6-22(23)31-14-2-11-28-12-8-18(9-13-28)24-20-5-4-19(25)16-21(20)27-32-24/h3-6,10,15-16,18,29H,2,7-9,11-14H2,1H3. The topological polar surface area (TPSA) is 80.3 Å². The Morgan fingerprint density at radius 1 is 1.22 bits per heavy atom. The number of rotatable bonds is 9. The molecule has 1 aromatic heterocycles. The van der Waals surface area contributed by atoms with Crippen molar-refractivity contribution in [3.8, 4) is 11.5 Å². The van der Waals surface area contributed by atoms with Crippen molar-refractivity contribution in [1.82, 2.24) is 10.1 Å². The number of hydrogen-bond donors (Lipinski definition) is 1. The number of halogens is 1. The van der Waals surface area contributed by atoms with Crippen LogP contribution in [0.1, 0.15) is 36.5 Å². The normalized spacial score (nSPS) is 15.6. The van der Waals surface area contributed by atoms with Crippen molar-refractivity contribution in [1.29, 1.82) is 0 Å². The van der Waals surface area contributed by atoms with Gasteiger partial charge in [0.2, 0.25) is 0 Å². The fourth-order valence-electron chi connectivity index (χ4n) is 4.22. The Balaban J connectivity index is 1.22. The maximum absolute atomic E-state index is 13.4. The average molecular weight is 442 g/mol. The summed E-state index contributed by atoms with van der Waals surface area (Å²) >= 11 is 0. The van der Waals surface area contributed by atoms with Gasteiger partial charge in [0, 0.05) is 36.6 Å². The van der Waals surface area contributed by atoms with Gasteiger partial charge in [-0.1, -0.05) is 11.2 Å². The van der Waals surface area contributed by atoms with Crippen LogP contribution in [0.4, 0.5) is 4.39 Å². The number of oxime groups is 1. The molecule has 170 valence electrons. The summed E-state index contributed by atoms with van der Waals surface area (Å²) in [5, 5.41) is 16.5. The van der Waals surface area contributed by atoms with Gasteiger partial charge in [0.1, 0.15) is 17.1 Å². The maximum Gasteiger partial charge on any atom is 0.161 e. The molecule has 2 heterocycles. The van der Waals surface area contributed by atoms with Crippen LogP contribution in [0.3, 0.4) is 0 Å². The Morgan fingerprint density at radius 3 is 2.84 bits per heavy atom. The van der Waals surface area contributed by atoms with Crippen molar-refractivity contribution in [3.63, 3.8) is 0 Å². The Kier molecular flexibility index (Phi) is 7.21. The number of likely N-dealkylation sites (tertiary alicyclic amines) is 1. The first-order valence-electron chi connectivity index (χ1n) is 10.9. The third-order valence-corrected chi connectivity index (χ3v) is 5.94. The van der Waals surface area contributed by atoms with Gasteiger partial charge in [0.15, 0.2) is 11.5 Å². The van der Waals surface area contributed by atoms with E-state index in [9.17, 15) is 4.39 Å². The van der Waals surface area contributed by atoms with E-state index in [2.05, 4.69) is 15.2 Å². The summed E-state index contributed by atoms with van der Waals surface area (Å²) < 4.78 is 30.3. The minimum Gasteiger partial charge on any atom is -0.493 e. The van der Waals surface area contributed by atoms with Crippen LogP contribution in [0.2, 0.25) is 0 Å². The third kappa shape index (κ3) is 5.19. The number of methoxy groups -OCH3 is 1. The molecule has 0 spiro atoms. The number of nitrogens with zero attached hydrogens (tertiary/aromatic N) is 3. The Labute approximate surface area is 186 Å². The lowest BCUT2D eigenvalue weighted by atomic mass is 9.92. The number of benzene rings is 2. The molecule has 0 bridgehead atoms. The Hall–Kier alpha value is -3.13. The molecule has 0 saturated carbocycles. The number of ether oxygens (including phenoxy) is 2. The van der Waals surface area contributed by atoms with Gasteiger partial charge < -0.3 is 24.1 Å². The molecule has 0 amide bonds. The highest BCUT2D eigenvalue weighted by Gasteiger charge is 2.25. The molecule has 0 unspecified atom stereocenters. The minimum absolute atomic E-state index is 0.292. The molecule has 3 aromatic rings. The summed E-state index contributed by atoms with van der Waals surface area (Å²) in [4.78, 5) is 2.44. The molecular formula is C24H28FN3O4. The fourth-order valence-corrected chi connectivity index (χ4v) is 4.22. The first-order chi connectivity index (χ1) is 15.7. The van der Waals surface area contributed by atoms with E-state index in [1.54, 1.807) is 13.2 Å². The second-order valence-electron chi connectivity index (χ2n) is 8.01. The summed E-state index contributed by atoms with van der Waals surface area (Å²) in [6.45, 7) is 3.53.